The molecular formula is C16H15NO5S. The zero-order chi connectivity index (χ0) is 16.9. The van der Waals surface area contributed by atoms with Gasteiger partial charge in [0.1, 0.15) is 0 Å². The summed E-state index contributed by atoms with van der Waals surface area (Å²) in [6.45, 7) is -0.376. The summed E-state index contributed by atoms with van der Waals surface area (Å²) in [6, 6.07) is 13.7. The van der Waals surface area contributed by atoms with Crippen LogP contribution in [0, 0.1) is 0 Å². The Hall–Kier alpha value is -2.51. The Morgan fingerprint density at radius 2 is 1.57 bits per heavy atom. The first-order valence-electron chi connectivity index (χ1n) is 6.73. The standard InChI is InChI=1S/C16H15NO5S/c1-17-23(20,21)14-9-7-13(8-10-14)16(19)22-11-15(18)12-5-3-2-4-6-12/h2-10,17H,11H2,1H3. The minimum absolute atomic E-state index is 0.0388. The first-order chi connectivity index (χ1) is 10.9. The van der Waals surface area contributed by atoms with Crippen molar-refractivity contribution in [1.29, 1.82) is 0 Å². The maximum absolute atomic E-state index is 11.9. The highest BCUT2D eigenvalue weighted by Gasteiger charge is 2.14. The second-order valence-corrected chi connectivity index (χ2v) is 6.48. The summed E-state index contributed by atoms with van der Waals surface area (Å²) in [4.78, 5) is 23.8. The third kappa shape index (κ3) is 4.24. The van der Waals surface area contributed by atoms with E-state index in [9.17, 15) is 18.0 Å². The molecule has 0 atom stereocenters. The minimum atomic E-state index is -3.56. The number of nitrogens with one attached hydrogen (secondary N) is 1. The number of ether oxygens (including phenoxy) is 1. The summed E-state index contributed by atoms with van der Waals surface area (Å²) in [5.41, 5.74) is 0.622. The van der Waals surface area contributed by atoms with Crippen LogP contribution in [-0.4, -0.2) is 33.8 Å². The smallest absolute Gasteiger partial charge is 0.338 e. The van der Waals surface area contributed by atoms with Crippen molar-refractivity contribution in [2.45, 2.75) is 4.90 Å². The zero-order valence-corrected chi connectivity index (χ0v) is 13.2. The molecule has 0 unspecified atom stereocenters. The fourth-order valence-electron chi connectivity index (χ4n) is 1.81. The number of carbonyl (C=O) groups excluding carboxylic acids is 2. The molecule has 0 bridgehead atoms. The van der Waals surface area contributed by atoms with Gasteiger partial charge in [0.2, 0.25) is 10.0 Å². The van der Waals surface area contributed by atoms with Crippen molar-refractivity contribution < 1.29 is 22.7 Å². The highest BCUT2D eigenvalue weighted by Crippen LogP contribution is 2.11. The first-order valence-corrected chi connectivity index (χ1v) is 8.21. The van der Waals surface area contributed by atoms with Crippen LogP contribution in [0.3, 0.4) is 0 Å². The Kier molecular flexibility index (Phi) is 5.25. The van der Waals surface area contributed by atoms with Crippen LogP contribution >= 0.6 is 0 Å². The number of carbonyl (C=O) groups is 2. The van der Waals surface area contributed by atoms with E-state index in [2.05, 4.69) is 4.72 Å². The van der Waals surface area contributed by atoms with Crippen LogP contribution in [-0.2, 0) is 14.8 Å². The number of hydrogen-bond donors (Lipinski definition) is 1. The largest absolute Gasteiger partial charge is 0.454 e. The van der Waals surface area contributed by atoms with Crippen LogP contribution in [0.5, 0.6) is 0 Å². The van der Waals surface area contributed by atoms with Crippen LogP contribution in [0.2, 0.25) is 0 Å². The van der Waals surface area contributed by atoms with E-state index in [-0.39, 0.29) is 22.8 Å². The molecule has 2 aromatic carbocycles. The summed E-state index contributed by atoms with van der Waals surface area (Å²) in [6.07, 6.45) is 0. The van der Waals surface area contributed by atoms with E-state index in [0.717, 1.165) is 0 Å². The van der Waals surface area contributed by atoms with Gasteiger partial charge in [0.15, 0.2) is 12.4 Å². The average Bonchev–Trinajstić information content (AvgIpc) is 2.60. The van der Waals surface area contributed by atoms with E-state index in [4.69, 9.17) is 4.74 Å². The SMILES string of the molecule is CNS(=O)(=O)c1ccc(C(=O)OCC(=O)c2ccccc2)cc1. The Bertz CT molecular complexity index is 798. The van der Waals surface area contributed by atoms with Gasteiger partial charge in [0, 0.05) is 5.56 Å². The topological polar surface area (TPSA) is 89.5 Å². The van der Waals surface area contributed by atoms with Gasteiger partial charge in [-0.15, -0.1) is 0 Å². The Labute approximate surface area is 134 Å². The van der Waals surface area contributed by atoms with Crippen LogP contribution in [0.1, 0.15) is 20.7 Å². The molecule has 2 rings (SSSR count). The van der Waals surface area contributed by atoms with Crippen LogP contribution < -0.4 is 4.72 Å². The second kappa shape index (κ2) is 7.17. The van der Waals surface area contributed by atoms with Crippen molar-refractivity contribution in [1.82, 2.24) is 4.72 Å². The van der Waals surface area contributed by atoms with Gasteiger partial charge >= 0.3 is 5.97 Å². The summed E-state index contributed by atoms with van der Waals surface area (Å²) < 4.78 is 30.3. The third-order valence-corrected chi connectivity index (χ3v) is 4.53. The number of hydrogen-bond acceptors (Lipinski definition) is 5. The van der Waals surface area contributed by atoms with Gasteiger partial charge in [0.05, 0.1) is 10.5 Å². The molecule has 0 radical (unpaired) electrons. The van der Waals surface area contributed by atoms with E-state index in [0.29, 0.717) is 5.56 Å². The molecule has 1 N–H and O–H groups in total. The Morgan fingerprint density at radius 1 is 0.957 bits per heavy atom. The van der Waals surface area contributed by atoms with Crippen molar-refractivity contribution in [2.24, 2.45) is 0 Å². The van der Waals surface area contributed by atoms with Crippen molar-refractivity contribution in [3.05, 3.63) is 65.7 Å². The van der Waals surface area contributed by atoms with Gasteiger partial charge < -0.3 is 4.74 Å². The highest BCUT2D eigenvalue weighted by atomic mass is 32.2. The van der Waals surface area contributed by atoms with E-state index in [1.54, 1.807) is 30.3 Å². The molecule has 0 heterocycles. The molecule has 0 aliphatic carbocycles. The molecule has 2 aromatic rings. The van der Waals surface area contributed by atoms with Crippen LogP contribution in [0.15, 0.2) is 59.5 Å². The molecule has 0 aliphatic rings. The van der Waals surface area contributed by atoms with Crippen molar-refractivity contribution in [2.75, 3.05) is 13.7 Å². The second-order valence-electron chi connectivity index (χ2n) is 4.60. The molecule has 0 saturated heterocycles. The van der Waals surface area contributed by atoms with E-state index >= 15 is 0 Å². The van der Waals surface area contributed by atoms with E-state index in [1.807, 2.05) is 0 Å². The Balaban J connectivity index is 2.00. The molecule has 23 heavy (non-hydrogen) atoms. The zero-order valence-electron chi connectivity index (χ0n) is 12.4. The maximum atomic E-state index is 11.9. The van der Waals surface area contributed by atoms with Gasteiger partial charge in [0.25, 0.3) is 0 Å². The molecule has 0 spiro atoms. The van der Waals surface area contributed by atoms with Gasteiger partial charge in [-0.25, -0.2) is 17.9 Å². The van der Waals surface area contributed by atoms with Gasteiger partial charge in [-0.1, -0.05) is 30.3 Å². The Morgan fingerprint density at radius 3 is 2.13 bits per heavy atom. The molecule has 0 aliphatic heterocycles. The minimum Gasteiger partial charge on any atom is -0.454 e. The lowest BCUT2D eigenvalue weighted by atomic mass is 10.1. The number of esters is 1. The number of rotatable bonds is 6. The highest BCUT2D eigenvalue weighted by molar-refractivity contribution is 7.89. The van der Waals surface area contributed by atoms with Gasteiger partial charge in [-0.05, 0) is 31.3 Å². The molecule has 120 valence electrons. The number of Topliss-reactive ketones (excluding diaryl/α,β-unsaturated/α-hetero) is 1. The maximum Gasteiger partial charge on any atom is 0.338 e. The number of benzene rings is 2. The molecule has 0 amide bonds. The summed E-state index contributed by atoms with van der Waals surface area (Å²) in [5.74, 6) is -1.00. The van der Waals surface area contributed by atoms with Crippen molar-refractivity contribution >= 4 is 21.8 Å². The van der Waals surface area contributed by atoms with Gasteiger partial charge in [-0.3, -0.25) is 4.79 Å². The molecular weight excluding hydrogens is 318 g/mol. The summed E-state index contributed by atoms with van der Waals surface area (Å²) in [7, 11) is -2.26. The molecule has 7 heteroatoms. The quantitative estimate of drug-likeness (QED) is 0.641. The van der Waals surface area contributed by atoms with Crippen molar-refractivity contribution in [3.63, 3.8) is 0 Å². The molecule has 0 aromatic heterocycles. The number of sulfonamides is 1. The number of ketones is 1. The van der Waals surface area contributed by atoms with Crippen LogP contribution in [0.25, 0.3) is 0 Å². The van der Waals surface area contributed by atoms with E-state index in [1.165, 1.54) is 31.3 Å². The summed E-state index contributed by atoms with van der Waals surface area (Å²) >= 11 is 0. The summed E-state index contributed by atoms with van der Waals surface area (Å²) in [5, 5.41) is 0. The lowest BCUT2D eigenvalue weighted by Crippen LogP contribution is -2.19. The van der Waals surface area contributed by atoms with Crippen LogP contribution in [0.4, 0.5) is 0 Å². The lowest BCUT2D eigenvalue weighted by molar-refractivity contribution is 0.0474. The third-order valence-electron chi connectivity index (χ3n) is 3.10. The first kappa shape index (κ1) is 16.9. The van der Waals surface area contributed by atoms with Gasteiger partial charge in [-0.2, -0.15) is 0 Å². The predicted octanol–water partition coefficient (Wildman–Crippen LogP) is 1.63. The molecule has 0 fully saturated rings. The normalized spacial score (nSPS) is 11.0. The van der Waals surface area contributed by atoms with E-state index < -0.39 is 16.0 Å². The average molecular weight is 333 g/mol. The van der Waals surface area contributed by atoms with Crippen molar-refractivity contribution in [3.8, 4) is 0 Å². The fourth-order valence-corrected chi connectivity index (χ4v) is 2.54. The molecule has 0 saturated carbocycles. The monoisotopic (exact) mass is 333 g/mol. The predicted molar refractivity (Wildman–Crippen MR) is 83.7 cm³/mol. The molecule has 6 nitrogen and oxygen atoms in total. The lowest BCUT2D eigenvalue weighted by Gasteiger charge is -2.06. The fraction of sp³-hybridized carbons (Fsp3) is 0.125.